The standard InChI is InChI=1S/C22H18FN5O2S/c1-2-9-28-10-8-16-12-17(6-7-20(16)28)21-19(23)13-25-22(27-21)26-18-5-3-4-15(11-18)14-31(24,29)30/h1,3-8,10-13H,9,14H2,(H2,24,29,30)(H,25,26,27). The zero-order valence-electron chi connectivity index (χ0n) is 16.3. The van der Waals surface area contributed by atoms with Gasteiger partial charge in [0, 0.05) is 28.4 Å². The summed E-state index contributed by atoms with van der Waals surface area (Å²) in [4.78, 5) is 8.30. The number of terminal acetylenes is 1. The molecule has 0 aliphatic carbocycles. The number of benzene rings is 2. The lowest BCUT2D eigenvalue weighted by molar-refractivity contribution is 0.597. The zero-order chi connectivity index (χ0) is 22.0. The average Bonchev–Trinajstić information content (AvgIpc) is 3.11. The molecule has 0 radical (unpaired) electrons. The van der Waals surface area contributed by atoms with Gasteiger partial charge in [0.15, 0.2) is 5.82 Å². The Balaban J connectivity index is 1.64. The van der Waals surface area contributed by atoms with Crippen molar-refractivity contribution in [3.63, 3.8) is 0 Å². The lowest BCUT2D eigenvalue weighted by Gasteiger charge is -2.09. The monoisotopic (exact) mass is 435 g/mol. The van der Waals surface area contributed by atoms with Crippen LogP contribution in [0, 0.1) is 18.2 Å². The molecule has 0 saturated carbocycles. The van der Waals surface area contributed by atoms with Crippen molar-refractivity contribution in [1.29, 1.82) is 0 Å². The van der Waals surface area contributed by atoms with E-state index in [2.05, 4.69) is 21.2 Å². The largest absolute Gasteiger partial charge is 0.336 e. The molecule has 0 aliphatic heterocycles. The van der Waals surface area contributed by atoms with Crippen molar-refractivity contribution in [3.8, 4) is 23.6 Å². The molecule has 0 fully saturated rings. The molecule has 0 aliphatic rings. The topological polar surface area (TPSA) is 103 Å². The lowest BCUT2D eigenvalue weighted by Crippen LogP contribution is -2.14. The Bertz CT molecular complexity index is 1420. The van der Waals surface area contributed by atoms with Crippen LogP contribution in [-0.2, 0) is 22.3 Å². The zero-order valence-corrected chi connectivity index (χ0v) is 17.1. The molecule has 0 bridgehead atoms. The second-order valence-electron chi connectivity index (χ2n) is 6.94. The molecule has 7 nitrogen and oxygen atoms in total. The third kappa shape index (κ3) is 4.71. The van der Waals surface area contributed by atoms with Gasteiger partial charge in [0.1, 0.15) is 5.69 Å². The molecule has 31 heavy (non-hydrogen) atoms. The first-order valence-corrected chi connectivity index (χ1v) is 11.0. The van der Waals surface area contributed by atoms with Crippen molar-refractivity contribution < 1.29 is 12.8 Å². The van der Waals surface area contributed by atoms with Crippen LogP contribution in [-0.4, -0.2) is 23.0 Å². The number of hydrogen-bond acceptors (Lipinski definition) is 5. The Kier molecular flexibility index (Phi) is 5.42. The van der Waals surface area contributed by atoms with Gasteiger partial charge in [0.25, 0.3) is 0 Å². The molecule has 2 heterocycles. The SMILES string of the molecule is C#CCn1ccc2cc(-c3nc(Nc4cccc(CS(N)(=O)=O)c4)ncc3F)ccc21. The van der Waals surface area contributed by atoms with Gasteiger partial charge in [0.05, 0.1) is 18.5 Å². The van der Waals surface area contributed by atoms with Crippen molar-refractivity contribution in [2.24, 2.45) is 5.14 Å². The maximum atomic E-state index is 14.5. The summed E-state index contributed by atoms with van der Waals surface area (Å²) in [7, 11) is -3.66. The van der Waals surface area contributed by atoms with Crippen LogP contribution in [0.15, 0.2) is 60.9 Å². The second-order valence-corrected chi connectivity index (χ2v) is 8.56. The molecule has 0 atom stereocenters. The Morgan fingerprint density at radius 2 is 2.03 bits per heavy atom. The van der Waals surface area contributed by atoms with Gasteiger partial charge in [0.2, 0.25) is 16.0 Å². The quantitative estimate of drug-likeness (QED) is 0.452. The second kappa shape index (κ2) is 8.18. The number of fused-ring (bicyclic) bond motifs is 1. The van der Waals surface area contributed by atoms with E-state index < -0.39 is 15.8 Å². The van der Waals surface area contributed by atoms with Crippen molar-refractivity contribution >= 4 is 32.6 Å². The number of hydrogen-bond donors (Lipinski definition) is 2. The van der Waals surface area contributed by atoms with E-state index in [1.165, 1.54) is 0 Å². The molecule has 156 valence electrons. The highest BCUT2D eigenvalue weighted by molar-refractivity contribution is 7.88. The van der Waals surface area contributed by atoms with Crippen LogP contribution >= 0.6 is 0 Å². The Labute approximate surface area is 178 Å². The van der Waals surface area contributed by atoms with Crippen molar-refractivity contribution in [2.45, 2.75) is 12.3 Å². The van der Waals surface area contributed by atoms with Gasteiger partial charge in [-0.1, -0.05) is 24.1 Å². The summed E-state index contributed by atoms with van der Waals surface area (Å²) in [5.74, 6) is 1.92. The van der Waals surface area contributed by atoms with Crippen LogP contribution in [0.3, 0.4) is 0 Å². The average molecular weight is 435 g/mol. The smallest absolute Gasteiger partial charge is 0.227 e. The van der Waals surface area contributed by atoms with E-state index in [4.69, 9.17) is 11.6 Å². The van der Waals surface area contributed by atoms with E-state index in [0.29, 0.717) is 23.4 Å². The van der Waals surface area contributed by atoms with Gasteiger partial charge in [-0.2, -0.15) is 0 Å². The van der Waals surface area contributed by atoms with Crippen molar-refractivity contribution in [3.05, 3.63) is 72.3 Å². The number of nitrogens with zero attached hydrogens (tertiary/aromatic N) is 3. The summed E-state index contributed by atoms with van der Waals surface area (Å²) >= 11 is 0. The summed E-state index contributed by atoms with van der Waals surface area (Å²) < 4.78 is 39.1. The molecular weight excluding hydrogens is 417 g/mol. The summed E-state index contributed by atoms with van der Waals surface area (Å²) in [5.41, 5.74) is 2.75. The molecule has 4 rings (SSSR count). The summed E-state index contributed by atoms with van der Waals surface area (Å²) in [6.07, 6.45) is 8.36. The van der Waals surface area contributed by atoms with Gasteiger partial charge in [-0.25, -0.2) is 27.9 Å². The minimum Gasteiger partial charge on any atom is -0.336 e. The number of aromatic nitrogens is 3. The van der Waals surface area contributed by atoms with Gasteiger partial charge >= 0.3 is 0 Å². The molecule has 0 saturated heterocycles. The summed E-state index contributed by atoms with van der Waals surface area (Å²) in [6, 6.07) is 14.1. The first kappa shape index (κ1) is 20.5. The molecule has 2 aromatic carbocycles. The number of nitrogens with two attached hydrogens (primary N) is 1. The van der Waals surface area contributed by atoms with E-state index in [1.807, 2.05) is 29.0 Å². The van der Waals surface area contributed by atoms with Crippen LogP contribution < -0.4 is 10.5 Å². The molecule has 0 unspecified atom stereocenters. The van der Waals surface area contributed by atoms with E-state index in [1.54, 1.807) is 30.3 Å². The fourth-order valence-electron chi connectivity index (χ4n) is 3.31. The number of sulfonamides is 1. The van der Waals surface area contributed by atoms with Crippen LogP contribution in [0.25, 0.3) is 22.2 Å². The van der Waals surface area contributed by atoms with Gasteiger partial charge in [-0.15, -0.1) is 6.42 Å². The maximum absolute atomic E-state index is 14.5. The predicted molar refractivity (Wildman–Crippen MR) is 118 cm³/mol. The predicted octanol–water partition coefficient (Wildman–Crippen LogP) is 3.40. The summed E-state index contributed by atoms with van der Waals surface area (Å²) in [5, 5.41) is 8.99. The van der Waals surface area contributed by atoms with Crippen LogP contribution in [0.1, 0.15) is 5.56 Å². The molecule has 0 amide bonds. The lowest BCUT2D eigenvalue weighted by atomic mass is 10.1. The van der Waals surface area contributed by atoms with E-state index in [-0.39, 0.29) is 17.4 Å². The minimum atomic E-state index is -3.66. The Hall–Kier alpha value is -3.74. The molecule has 2 aromatic heterocycles. The third-order valence-corrected chi connectivity index (χ3v) is 5.34. The normalized spacial score (nSPS) is 11.4. The van der Waals surface area contributed by atoms with E-state index >= 15 is 0 Å². The van der Waals surface area contributed by atoms with Gasteiger partial charge in [-0.05, 0) is 35.9 Å². The Morgan fingerprint density at radius 1 is 1.19 bits per heavy atom. The Morgan fingerprint density at radius 3 is 2.81 bits per heavy atom. The third-order valence-electron chi connectivity index (χ3n) is 4.60. The number of nitrogens with one attached hydrogen (secondary N) is 1. The molecule has 3 N–H and O–H groups in total. The fourth-order valence-corrected chi connectivity index (χ4v) is 3.96. The van der Waals surface area contributed by atoms with Gasteiger partial charge in [-0.3, -0.25) is 0 Å². The highest BCUT2D eigenvalue weighted by Gasteiger charge is 2.12. The highest BCUT2D eigenvalue weighted by Crippen LogP contribution is 2.27. The highest BCUT2D eigenvalue weighted by atomic mass is 32.2. The van der Waals surface area contributed by atoms with Crippen LogP contribution in [0.2, 0.25) is 0 Å². The molecule has 0 spiro atoms. The maximum Gasteiger partial charge on any atom is 0.227 e. The molecule has 9 heteroatoms. The van der Waals surface area contributed by atoms with Crippen LogP contribution in [0.5, 0.6) is 0 Å². The number of halogens is 1. The first-order chi connectivity index (χ1) is 14.8. The fraction of sp³-hybridized carbons (Fsp3) is 0.0909. The first-order valence-electron chi connectivity index (χ1n) is 9.24. The minimum absolute atomic E-state index is 0.143. The number of rotatable bonds is 6. The van der Waals surface area contributed by atoms with Crippen LogP contribution in [0.4, 0.5) is 16.0 Å². The molecule has 4 aromatic rings. The van der Waals surface area contributed by atoms with Crippen molar-refractivity contribution in [2.75, 3.05) is 5.32 Å². The van der Waals surface area contributed by atoms with E-state index in [9.17, 15) is 12.8 Å². The van der Waals surface area contributed by atoms with Gasteiger partial charge < -0.3 is 9.88 Å². The number of anilines is 2. The summed E-state index contributed by atoms with van der Waals surface area (Å²) in [6.45, 7) is 0.448. The number of primary sulfonamides is 1. The van der Waals surface area contributed by atoms with Crippen molar-refractivity contribution in [1.82, 2.24) is 14.5 Å². The van der Waals surface area contributed by atoms with E-state index in [0.717, 1.165) is 17.1 Å². The molecular formula is C22H18FN5O2S.